The molecule has 0 aromatic heterocycles. The molecular formula is C15H30N2. The van der Waals surface area contributed by atoms with Crippen molar-refractivity contribution in [1.82, 2.24) is 10.2 Å². The van der Waals surface area contributed by atoms with Gasteiger partial charge in [-0.25, -0.2) is 0 Å². The minimum Gasteiger partial charge on any atom is -0.314 e. The molecule has 1 heterocycles. The quantitative estimate of drug-likeness (QED) is 0.699. The van der Waals surface area contributed by atoms with Gasteiger partial charge in [-0.1, -0.05) is 13.8 Å². The lowest BCUT2D eigenvalue weighted by molar-refractivity contribution is 0.240. The van der Waals surface area contributed by atoms with Gasteiger partial charge in [0.1, 0.15) is 0 Å². The number of hydrogen-bond acceptors (Lipinski definition) is 2. The van der Waals surface area contributed by atoms with Crippen molar-refractivity contribution in [3.8, 4) is 0 Å². The van der Waals surface area contributed by atoms with Crippen LogP contribution in [-0.2, 0) is 0 Å². The van der Waals surface area contributed by atoms with E-state index in [1.54, 1.807) is 0 Å². The van der Waals surface area contributed by atoms with E-state index in [2.05, 4.69) is 24.1 Å². The average molecular weight is 238 g/mol. The Morgan fingerprint density at radius 1 is 1.18 bits per heavy atom. The van der Waals surface area contributed by atoms with Crippen molar-refractivity contribution in [2.75, 3.05) is 19.6 Å². The lowest BCUT2D eigenvalue weighted by Gasteiger charge is -2.23. The number of hydrogen-bond donors (Lipinski definition) is 1. The summed E-state index contributed by atoms with van der Waals surface area (Å²) in [5, 5.41) is 3.61. The molecule has 100 valence electrons. The SMILES string of the molecule is CC(C)CCN(CCCC1CCCN1)C1CC1. The number of nitrogens with zero attached hydrogens (tertiary/aromatic N) is 1. The highest BCUT2D eigenvalue weighted by molar-refractivity contribution is 4.85. The van der Waals surface area contributed by atoms with Crippen molar-refractivity contribution in [3.63, 3.8) is 0 Å². The molecule has 1 saturated carbocycles. The van der Waals surface area contributed by atoms with Crippen LogP contribution in [0.1, 0.15) is 58.8 Å². The van der Waals surface area contributed by atoms with E-state index in [-0.39, 0.29) is 0 Å². The topological polar surface area (TPSA) is 15.3 Å². The summed E-state index contributed by atoms with van der Waals surface area (Å²) in [6, 6.07) is 1.78. The summed E-state index contributed by atoms with van der Waals surface area (Å²) in [4.78, 5) is 2.76. The van der Waals surface area contributed by atoms with E-state index in [9.17, 15) is 0 Å². The molecule has 0 aromatic carbocycles. The Kier molecular flexibility index (Phi) is 5.30. The van der Waals surface area contributed by atoms with E-state index in [0.29, 0.717) is 0 Å². The van der Waals surface area contributed by atoms with E-state index in [1.165, 1.54) is 64.6 Å². The molecule has 1 saturated heterocycles. The molecule has 17 heavy (non-hydrogen) atoms. The molecule has 0 spiro atoms. The van der Waals surface area contributed by atoms with E-state index in [4.69, 9.17) is 0 Å². The summed E-state index contributed by atoms with van der Waals surface area (Å²) in [6.45, 7) is 8.61. The van der Waals surface area contributed by atoms with Crippen molar-refractivity contribution in [3.05, 3.63) is 0 Å². The highest BCUT2D eigenvalue weighted by Crippen LogP contribution is 2.27. The first-order valence-electron chi connectivity index (χ1n) is 7.73. The maximum Gasteiger partial charge on any atom is 0.00964 e. The molecule has 2 fully saturated rings. The third kappa shape index (κ3) is 4.97. The number of nitrogens with one attached hydrogen (secondary N) is 1. The first kappa shape index (κ1) is 13.4. The smallest absolute Gasteiger partial charge is 0.00964 e. The van der Waals surface area contributed by atoms with Crippen LogP contribution in [0, 0.1) is 5.92 Å². The normalized spacial score (nSPS) is 25.1. The molecule has 2 nitrogen and oxygen atoms in total. The van der Waals surface area contributed by atoms with Crippen LogP contribution in [0.2, 0.25) is 0 Å². The van der Waals surface area contributed by atoms with E-state index < -0.39 is 0 Å². The van der Waals surface area contributed by atoms with Crippen LogP contribution in [0.4, 0.5) is 0 Å². The van der Waals surface area contributed by atoms with Crippen LogP contribution >= 0.6 is 0 Å². The molecule has 1 aliphatic heterocycles. The summed E-state index contributed by atoms with van der Waals surface area (Å²) < 4.78 is 0. The van der Waals surface area contributed by atoms with Gasteiger partial charge in [-0.2, -0.15) is 0 Å². The lowest BCUT2D eigenvalue weighted by Crippen LogP contribution is -2.30. The fourth-order valence-corrected chi connectivity index (χ4v) is 2.88. The van der Waals surface area contributed by atoms with Gasteiger partial charge in [-0.05, 0) is 70.5 Å². The fourth-order valence-electron chi connectivity index (χ4n) is 2.88. The highest BCUT2D eigenvalue weighted by atomic mass is 15.2. The largest absolute Gasteiger partial charge is 0.314 e. The Balaban J connectivity index is 1.59. The van der Waals surface area contributed by atoms with Crippen LogP contribution in [0.3, 0.4) is 0 Å². The molecular weight excluding hydrogens is 208 g/mol. The zero-order valence-electron chi connectivity index (χ0n) is 11.8. The molecule has 0 bridgehead atoms. The minimum absolute atomic E-state index is 0.834. The molecule has 2 heteroatoms. The van der Waals surface area contributed by atoms with Crippen LogP contribution in [0.25, 0.3) is 0 Å². The molecule has 0 amide bonds. The highest BCUT2D eigenvalue weighted by Gasteiger charge is 2.28. The van der Waals surface area contributed by atoms with Crippen LogP contribution in [0.15, 0.2) is 0 Å². The van der Waals surface area contributed by atoms with Crippen LogP contribution < -0.4 is 5.32 Å². The molecule has 2 rings (SSSR count). The van der Waals surface area contributed by atoms with Crippen LogP contribution in [0.5, 0.6) is 0 Å². The summed E-state index contributed by atoms with van der Waals surface area (Å²) in [7, 11) is 0. The van der Waals surface area contributed by atoms with Crippen LogP contribution in [-0.4, -0.2) is 36.6 Å². The van der Waals surface area contributed by atoms with Gasteiger partial charge in [-0.15, -0.1) is 0 Å². The molecule has 1 unspecified atom stereocenters. The Hall–Kier alpha value is -0.0800. The predicted molar refractivity (Wildman–Crippen MR) is 74.3 cm³/mol. The maximum atomic E-state index is 3.61. The zero-order chi connectivity index (χ0) is 12.1. The van der Waals surface area contributed by atoms with E-state index in [1.807, 2.05) is 0 Å². The summed E-state index contributed by atoms with van der Waals surface area (Å²) in [6.07, 6.45) is 9.88. The second kappa shape index (κ2) is 6.75. The van der Waals surface area contributed by atoms with Crippen molar-refractivity contribution in [2.45, 2.75) is 70.9 Å². The van der Waals surface area contributed by atoms with Gasteiger partial charge in [0, 0.05) is 12.1 Å². The van der Waals surface area contributed by atoms with Gasteiger partial charge in [0.2, 0.25) is 0 Å². The van der Waals surface area contributed by atoms with Crippen molar-refractivity contribution in [1.29, 1.82) is 0 Å². The van der Waals surface area contributed by atoms with Gasteiger partial charge in [0.05, 0.1) is 0 Å². The van der Waals surface area contributed by atoms with Crippen molar-refractivity contribution < 1.29 is 0 Å². The van der Waals surface area contributed by atoms with Gasteiger partial charge >= 0.3 is 0 Å². The Bertz CT molecular complexity index is 205. The average Bonchev–Trinajstić information content (AvgIpc) is 3.00. The summed E-state index contributed by atoms with van der Waals surface area (Å²) in [5.41, 5.74) is 0. The standard InChI is InChI=1S/C15H30N2/c1-13(2)9-12-17(15-7-8-15)11-4-6-14-5-3-10-16-14/h13-16H,3-12H2,1-2H3. The maximum absolute atomic E-state index is 3.61. The Labute approximate surface area is 107 Å². The minimum atomic E-state index is 0.834. The molecule has 1 aliphatic carbocycles. The number of rotatable bonds is 8. The van der Waals surface area contributed by atoms with E-state index in [0.717, 1.165) is 18.0 Å². The first-order valence-corrected chi connectivity index (χ1v) is 7.73. The van der Waals surface area contributed by atoms with Gasteiger partial charge in [-0.3, -0.25) is 0 Å². The van der Waals surface area contributed by atoms with Crippen molar-refractivity contribution >= 4 is 0 Å². The van der Waals surface area contributed by atoms with E-state index >= 15 is 0 Å². The summed E-state index contributed by atoms with van der Waals surface area (Å²) in [5.74, 6) is 0.854. The predicted octanol–water partition coefficient (Wildman–Crippen LogP) is 3.03. The Morgan fingerprint density at radius 3 is 2.59 bits per heavy atom. The third-order valence-corrected chi connectivity index (χ3v) is 4.22. The molecule has 0 aromatic rings. The second-order valence-electron chi connectivity index (χ2n) is 6.39. The first-order chi connectivity index (χ1) is 8.25. The van der Waals surface area contributed by atoms with Gasteiger partial charge in [0.15, 0.2) is 0 Å². The lowest BCUT2D eigenvalue weighted by atomic mass is 10.1. The fraction of sp³-hybridized carbons (Fsp3) is 1.00. The second-order valence-corrected chi connectivity index (χ2v) is 6.39. The molecule has 1 N–H and O–H groups in total. The van der Waals surface area contributed by atoms with Crippen molar-refractivity contribution in [2.24, 2.45) is 5.92 Å². The summed E-state index contributed by atoms with van der Waals surface area (Å²) >= 11 is 0. The Morgan fingerprint density at radius 2 is 2.00 bits per heavy atom. The molecule has 0 radical (unpaired) electrons. The molecule has 1 atom stereocenters. The molecule has 2 aliphatic rings. The third-order valence-electron chi connectivity index (χ3n) is 4.22. The monoisotopic (exact) mass is 238 g/mol. The van der Waals surface area contributed by atoms with Gasteiger partial charge in [0.25, 0.3) is 0 Å². The zero-order valence-corrected chi connectivity index (χ0v) is 11.8. The van der Waals surface area contributed by atoms with Gasteiger partial charge < -0.3 is 10.2 Å².